The molecule has 2 saturated heterocycles. The third-order valence-electron chi connectivity index (χ3n) is 3.61. The summed E-state index contributed by atoms with van der Waals surface area (Å²) in [6.45, 7) is 6.77. The number of nitrogens with one attached hydrogen (secondary N) is 1. The largest absolute Gasteiger partial charge is 0.377 e. The minimum absolute atomic E-state index is 0.425. The van der Waals surface area contributed by atoms with Crippen molar-refractivity contribution >= 4 is 0 Å². The Morgan fingerprint density at radius 2 is 2.29 bits per heavy atom. The molecule has 0 spiro atoms. The molecule has 0 aromatic carbocycles. The standard InChI is InChI=1S/C11H22N2O/c1-9-11(4-6-14-9)13(2)8-10-3-5-12-7-10/h9-12H,3-8H2,1-2H3. The molecule has 2 rings (SSSR count). The van der Waals surface area contributed by atoms with Gasteiger partial charge in [0.15, 0.2) is 0 Å². The smallest absolute Gasteiger partial charge is 0.0702 e. The van der Waals surface area contributed by atoms with E-state index >= 15 is 0 Å². The fourth-order valence-corrected chi connectivity index (χ4v) is 2.71. The highest BCUT2D eigenvalue weighted by Crippen LogP contribution is 2.20. The SMILES string of the molecule is CC1OCCC1N(C)CC1CCNC1. The van der Waals surface area contributed by atoms with Gasteiger partial charge < -0.3 is 15.0 Å². The second-order valence-corrected chi connectivity index (χ2v) is 4.73. The van der Waals surface area contributed by atoms with E-state index in [0.29, 0.717) is 12.1 Å². The van der Waals surface area contributed by atoms with Crippen molar-refractivity contribution in [3.8, 4) is 0 Å². The van der Waals surface area contributed by atoms with E-state index < -0.39 is 0 Å². The molecule has 0 saturated carbocycles. The molecule has 3 unspecified atom stereocenters. The average Bonchev–Trinajstić information content (AvgIpc) is 2.75. The number of ether oxygens (including phenoxy) is 1. The molecule has 0 radical (unpaired) electrons. The van der Waals surface area contributed by atoms with E-state index in [-0.39, 0.29) is 0 Å². The molecular weight excluding hydrogens is 176 g/mol. The molecule has 2 aliphatic rings. The fraction of sp³-hybridized carbons (Fsp3) is 1.00. The van der Waals surface area contributed by atoms with Crippen molar-refractivity contribution in [2.24, 2.45) is 5.92 Å². The summed E-state index contributed by atoms with van der Waals surface area (Å²) in [6, 6.07) is 0.649. The normalized spacial score (nSPS) is 38.4. The summed E-state index contributed by atoms with van der Waals surface area (Å²) in [5.74, 6) is 0.854. The molecule has 0 amide bonds. The van der Waals surface area contributed by atoms with Gasteiger partial charge >= 0.3 is 0 Å². The van der Waals surface area contributed by atoms with E-state index in [2.05, 4.69) is 24.2 Å². The van der Waals surface area contributed by atoms with Crippen molar-refractivity contribution in [3.05, 3.63) is 0 Å². The van der Waals surface area contributed by atoms with Gasteiger partial charge in [-0.25, -0.2) is 0 Å². The van der Waals surface area contributed by atoms with Crippen LogP contribution in [0.15, 0.2) is 0 Å². The first-order chi connectivity index (χ1) is 6.77. The molecule has 2 heterocycles. The van der Waals surface area contributed by atoms with Crippen LogP contribution in [0.4, 0.5) is 0 Å². The summed E-state index contributed by atoms with van der Waals surface area (Å²) in [4.78, 5) is 2.50. The predicted octanol–water partition coefficient (Wildman–Crippen LogP) is 0.705. The maximum absolute atomic E-state index is 5.59. The van der Waals surface area contributed by atoms with Crippen LogP contribution in [-0.2, 0) is 4.74 Å². The zero-order chi connectivity index (χ0) is 9.97. The number of rotatable bonds is 3. The molecule has 3 atom stereocenters. The lowest BCUT2D eigenvalue weighted by Gasteiger charge is -2.28. The van der Waals surface area contributed by atoms with Gasteiger partial charge in [0.05, 0.1) is 6.10 Å². The molecule has 2 aliphatic heterocycles. The van der Waals surface area contributed by atoms with Gasteiger partial charge in [0.1, 0.15) is 0 Å². The number of likely N-dealkylation sites (N-methyl/N-ethyl adjacent to an activating group) is 1. The van der Waals surface area contributed by atoms with E-state index in [9.17, 15) is 0 Å². The van der Waals surface area contributed by atoms with Gasteiger partial charge in [-0.05, 0) is 45.8 Å². The van der Waals surface area contributed by atoms with Gasteiger partial charge in [-0.1, -0.05) is 0 Å². The van der Waals surface area contributed by atoms with Crippen molar-refractivity contribution in [2.45, 2.75) is 31.9 Å². The van der Waals surface area contributed by atoms with Crippen molar-refractivity contribution < 1.29 is 4.74 Å². The minimum Gasteiger partial charge on any atom is -0.377 e. The second kappa shape index (κ2) is 4.60. The molecule has 0 bridgehead atoms. The van der Waals surface area contributed by atoms with E-state index in [1.54, 1.807) is 0 Å². The Labute approximate surface area is 86.8 Å². The van der Waals surface area contributed by atoms with Crippen LogP contribution in [-0.4, -0.2) is 50.3 Å². The summed E-state index contributed by atoms with van der Waals surface area (Å²) < 4.78 is 5.59. The molecule has 3 nitrogen and oxygen atoms in total. The van der Waals surface area contributed by atoms with Gasteiger partial charge in [0.2, 0.25) is 0 Å². The van der Waals surface area contributed by atoms with Gasteiger partial charge in [-0.3, -0.25) is 0 Å². The molecule has 82 valence electrons. The number of hydrogen-bond donors (Lipinski definition) is 1. The summed E-state index contributed by atoms with van der Waals surface area (Å²) in [7, 11) is 2.24. The average molecular weight is 198 g/mol. The lowest BCUT2D eigenvalue weighted by molar-refractivity contribution is 0.0791. The van der Waals surface area contributed by atoms with E-state index in [1.807, 2.05) is 0 Å². The molecule has 0 aromatic rings. The third-order valence-corrected chi connectivity index (χ3v) is 3.61. The van der Waals surface area contributed by atoms with Crippen LogP contribution in [0.2, 0.25) is 0 Å². The summed E-state index contributed by atoms with van der Waals surface area (Å²) >= 11 is 0. The fourth-order valence-electron chi connectivity index (χ4n) is 2.71. The molecule has 1 N–H and O–H groups in total. The Kier molecular flexibility index (Phi) is 3.42. The maximum Gasteiger partial charge on any atom is 0.0702 e. The molecule has 2 fully saturated rings. The molecular formula is C11H22N2O. The Bertz CT molecular complexity index is 180. The number of nitrogens with zero attached hydrogens (tertiary/aromatic N) is 1. The summed E-state index contributed by atoms with van der Waals surface area (Å²) in [5.41, 5.74) is 0. The third kappa shape index (κ3) is 2.27. The van der Waals surface area contributed by atoms with E-state index in [4.69, 9.17) is 4.74 Å². The summed E-state index contributed by atoms with van der Waals surface area (Å²) in [5, 5.41) is 3.42. The number of hydrogen-bond acceptors (Lipinski definition) is 3. The Morgan fingerprint density at radius 1 is 1.43 bits per heavy atom. The van der Waals surface area contributed by atoms with Gasteiger partial charge in [0.25, 0.3) is 0 Å². The molecule has 14 heavy (non-hydrogen) atoms. The minimum atomic E-state index is 0.425. The van der Waals surface area contributed by atoms with Crippen LogP contribution < -0.4 is 5.32 Å². The first-order valence-corrected chi connectivity index (χ1v) is 5.80. The lowest BCUT2D eigenvalue weighted by atomic mass is 10.1. The van der Waals surface area contributed by atoms with E-state index in [0.717, 1.165) is 12.5 Å². The highest BCUT2D eigenvalue weighted by atomic mass is 16.5. The van der Waals surface area contributed by atoms with Gasteiger partial charge in [-0.2, -0.15) is 0 Å². The highest BCUT2D eigenvalue weighted by Gasteiger charge is 2.29. The second-order valence-electron chi connectivity index (χ2n) is 4.73. The summed E-state index contributed by atoms with van der Waals surface area (Å²) in [6.07, 6.45) is 2.97. The zero-order valence-corrected chi connectivity index (χ0v) is 9.33. The first kappa shape index (κ1) is 10.4. The van der Waals surface area contributed by atoms with Gasteiger partial charge in [-0.15, -0.1) is 0 Å². The quantitative estimate of drug-likeness (QED) is 0.722. The van der Waals surface area contributed by atoms with Crippen LogP contribution in [0.3, 0.4) is 0 Å². The predicted molar refractivity (Wildman–Crippen MR) is 57.4 cm³/mol. The van der Waals surface area contributed by atoms with Crippen molar-refractivity contribution in [3.63, 3.8) is 0 Å². The highest BCUT2D eigenvalue weighted by molar-refractivity contribution is 4.83. The Balaban J connectivity index is 1.78. The molecule has 3 heteroatoms. The maximum atomic E-state index is 5.59. The Hall–Kier alpha value is -0.120. The van der Waals surface area contributed by atoms with E-state index in [1.165, 1.54) is 32.5 Å². The topological polar surface area (TPSA) is 24.5 Å². The molecule has 0 aromatic heterocycles. The van der Waals surface area contributed by atoms with Crippen molar-refractivity contribution in [2.75, 3.05) is 33.3 Å². The molecule has 0 aliphatic carbocycles. The van der Waals surface area contributed by atoms with Crippen molar-refractivity contribution in [1.82, 2.24) is 10.2 Å². The van der Waals surface area contributed by atoms with Crippen LogP contribution in [0.5, 0.6) is 0 Å². The zero-order valence-electron chi connectivity index (χ0n) is 9.33. The van der Waals surface area contributed by atoms with Crippen molar-refractivity contribution in [1.29, 1.82) is 0 Å². The van der Waals surface area contributed by atoms with Crippen LogP contribution in [0.25, 0.3) is 0 Å². The van der Waals surface area contributed by atoms with Gasteiger partial charge in [0, 0.05) is 19.2 Å². The van der Waals surface area contributed by atoms with Crippen LogP contribution >= 0.6 is 0 Å². The van der Waals surface area contributed by atoms with Crippen LogP contribution in [0, 0.1) is 5.92 Å². The first-order valence-electron chi connectivity index (χ1n) is 5.80. The lowest BCUT2D eigenvalue weighted by Crippen LogP contribution is -2.40. The monoisotopic (exact) mass is 198 g/mol. The Morgan fingerprint density at radius 3 is 2.86 bits per heavy atom. The van der Waals surface area contributed by atoms with Crippen LogP contribution in [0.1, 0.15) is 19.8 Å².